The molecule has 0 fully saturated rings. The molecule has 6 nitrogen and oxygen atoms in total. The lowest BCUT2D eigenvalue weighted by molar-refractivity contribution is 0.201. The molecule has 0 N–H and O–H groups in total. The van der Waals surface area contributed by atoms with E-state index in [2.05, 4.69) is 19.3 Å². The molecule has 0 spiro atoms. The Morgan fingerprint density at radius 2 is 2.28 bits per heavy atom. The smallest absolute Gasteiger partial charge is 0.205 e. The first-order chi connectivity index (χ1) is 8.79. The highest BCUT2D eigenvalue weighted by atomic mass is 32.1. The molecule has 2 aromatic rings. The number of aromatic nitrogens is 4. The molecular formula is C11H15N5OS. The summed E-state index contributed by atoms with van der Waals surface area (Å²) in [6.07, 6.45) is 5.85. The van der Waals surface area contributed by atoms with Crippen molar-refractivity contribution < 1.29 is 4.74 Å². The van der Waals surface area contributed by atoms with Crippen LogP contribution in [-0.4, -0.2) is 40.1 Å². The van der Waals surface area contributed by atoms with Gasteiger partial charge in [-0.15, -0.1) is 0 Å². The number of methoxy groups -OCH3 is 1. The van der Waals surface area contributed by atoms with Gasteiger partial charge in [-0.05, 0) is 0 Å². The predicted molar refractivity (Wildman–Crippen MR) is 69.6 cm³/mol. The monoisotopic (exact) mass is 265 g/mol. The van der Waals surface area contributed by atoms with Crippen LogP contribution in [0.4, 0.5) is 5.13 Å². The molecule has 96 valence electrons. The summed E-state index contributed by atoms with van der Waals surface area (Å²) in [7, 11) is 3.64. The molecule has 0 saturated carbocycles. The number of rotatable bonds is 6. The van der Waals surface area contributed by atoms with E-state index in [-0.39, 0.29) is 0 Å². The summed E-state index contributed by atoms with van der Waals surface area (Å²) in [4.78, 5) is 14.7. The third kappa shape index (κ3) is 3.44. The van der Waals surface area contributed by atoms with E-state index in [1.807, 2.05) is 11.9 Å². The highest BCUT2D eigenvalue weighted by molar-refractivity contribution is 7.09. The first-order valence-electron chi connectivity index (χ1n) is 5.57. The van der Waals surface area contributed by atoms with Gasteiger partial charge < -0.3 is 9.64 Å². The Kier molecular flexibility index (Phi) is 4.54. The molecule has 0 aliphatic carbocycles. The molecule has 18 heavy (non-hydrogen) atoms. The van der Waals surface area contributed by atoms with Crippen LogP contribution >= 0.6 is 11.5 Å². The largest absolute Gasteiger partial charge is 0.384 e. The molecule has 0 aliphatic rings. The van der Waals surface area contributed by atoms with Crippen molar-refractivity contribution >= 4 is 16.7 Å². The zero-order valence-electron chi connectivity index (χ0n) is 10.4. The van der Waals surface area contributed by atoms with Crippen LogP contribution in [0.1, 0.15) is 11.5 Å². The minimum atomic E-state index is 0.643. The molecule has 0 aliphatic heterocycles. The lowest BCUT2D eigenvalue weighted by Crippen LogP contribution is -2.17. The first-order valence-corrected chi connectivity index (χ1v) is 6.34. The maximum Gasteiger partial charge on any atom is 0.205 e. The molecule has 2 aromatic heterocycles. The first kappa shape index (κ1) is 12.8. The van der Waals surface area contributed by atoms with Crippen LogP contribution in [-0.2, 0) is 17.7 Å². The van der Waals surface area contributed by atoms with Gasteiger partial charge in [-0.3, -0.25) is 9.97 Å². The van der Waals surface area contributed by atoms with E-state index >= 15 is 0 Å². The molecule has 0 bridgehead atoms. The lowest BCUT2D eigenvalue weighted by Gasteiger charge is -2.13. The van der Waals surface area contributed by atoms with Crippen LogP contribution in [0.5, 0.6) is 0 Å². The van der Waals surface area contributed by atoms with Crippen molar-refractivity contribution in [2.75, 3.05) is 25.7 Å². The van der Waals surface area contributed by atoms with Crippen molar-refractivity contribution in [3.05, 3.63) is 30.1 Å². The molecule has 0 aromatic carbocycles. The zero-order chi connectivity index (χ0) is 12.8. The minimum absolute atomic E-state index is 0.643. The molecule has 0 radical (unpaired) electrons. The average molecular weight is 265 g/mol. The van der Waals surface area contributed by atoms with Crippen molar-refractivity contribution in [1.82, 2.24) is 19.3 Å². The van der Waals surface area contributed by atoms with E-state index in [4.69, 9.17) is 4.74 Å². The molecule has 0 unspecified atom stereocenters. The molecule has 0 atom stereocenters. The maximum atomic E-state index is 5.00. The van der Waals surface area contributed by atoms with E-state index in [0.717, 1.165) is 23.1 Å². The van der Waals surface area contributed by atoms with Crippen LogP contribution in [0.2, 0.25) is 0 Å². The Hall–Kier alpha value is -1.60. The fraction of sp³-hybridized carbons (Fsp3) is 0.455. The SMILES string of the molecule is COCCc1nsc(N(C)Cc2cnccn2)n1. The average Bonchev–Trinajstić information content (AvgIpc) is 2.86. The highest BCUT2D eigenvalue weighted by Gasteiger charge is 2.09. The van der Waals surface area contributed by atoms with Crippen LogP contribution in [0.25, 0.3) is 0 Å². The van der Waals surface area contributed by atoms with Gasteiger partial charge in [0.2, 0.25) is 5.13 Å². The van der Waals surface area contributed by atoms with Crippen molar-refractivity contribution in [1.29, 1.82) is 0 Å². The summed E-state index contributed by atoms with van der Waals surface area (Å²) in [6, 6.07) is 0. The Balaban J connectivity index is 1.96. The number of hydrogen-bond acceptors (Lipinski definition) is 7. The maximum absolute atomic E-state index is 5.00. The van der Waals surface area contributed by atoms with Gasteiger partial charge >= 0.3 is 0 Å². The Morgan fingerprint density at radius 1 is 1.39 bits per heavy atom. The summed E-state index contributed by atoms with van der Waals surface area (Å²) in [5, 5.41) is 0.881. The van der Waals surface area contributed by atoms with Gasteiger partial charge in [-0.2, -0.15) is 4.37 Å². The Morgan fingerprint density at radius 3 is 3.00 bits per heavy atom. The lowest BCUT2D eigenvalue weighted by atomic mass is 10.4. The summed E-state index contributed by atoms with van der Waals surface area (Å²) in [5.74, 6) is 0.822. The zero-order valence-corrected chi connectivity index (χ0v) is 11.2. The van der Waals surface area contributed by atoms with Crippen LogP contribution < -0.4 is 4.90 Å². The second kappa shape index (κ2) is 6.36. The van der Waals surface area contributed by atoms with E-state index in [1.54, 1.807) is 25.7 Å². The van der Waals surface area contributed by atoms with Crippen molar-refractivity contribution in [3.63, 3.8) is 0 Å². The fourth-order valence-electron chi connectivity index (χ4n) is 1.42. The van der Waals surface area contributed by atoms with Gasteiger partial charge in [0.25, 0.3) is 0 Å². The third-order valence-electron chi connectivity index (χ3n) is 2.33. The summed E-state index contributed by atoms with van der Waals surface area (Å²) < 4.78 is 9.29. The highest BCUT2D eigenvalue weighted by Crippen LogP contribution is 2.17. The van der Waals surface area contributed by atoms with E-state index in [9.17, 15) is 0 Å². The van der Waals surface area contributed by atoms with Gasteiger partial charge in [-0.1, -0.05) is 0 Å². The normalized spacial score (nSPS) is 10.6. The quantitative estimate of drug-likeness (QED) is 0.781. The van der Waals surface area contributed by atoms with Gasteiger partial charge in [0.05, 0.1) is 25.0 Å². The predicted octanol–water partition coefficient (Wildman–Crippen LogP) is 1.15. The van der Waals surface area contributed by atoms with Crippen molar-refractivity contribution in [3.8, 4) is 0 Å². The number of hydrogen-bond donors (Lipinski definition) is 0. The summed E-state index contributed by atoms with van der Waals surface area (Å²) >= 11 is 1.39. The molecule has 2 heterocycles. The molecule has 7 heteroatoms. The van der Waals surface area contributed by atoms with Gasteiger partial charge in [0.15, 0.2) is 0 Å². The topological polar surface area (TPSA) is 64.0 Å². The summed E-state index contributed by atoms with van der Waals surface area (Å²) in [6.45, 7) is 1.32. The third-order valence-corrected chi connectivity index (χ3v) is 3.20. The van der Waals surface area contributed by atoms with Crippen LogP contribution in [0.15, 0.2) is 18.6 Å². The standard InChI is InChI=1S/C11H15N5OS/c1-16(8-9-7-12-4-5-13-9)11-14-10(15-18-11)3-6-17-2/h4-5,7H,3,6,8H2,1-2H3. The molecule has 0 saturated heterocycles. The summed E-state index contributed by atoms with van der Waals surface area (Å²) in [5.41, 5.74) is 0.911. The van der Waals surface area contributed by atoms with E-state index in [0.29, 0.717) is 13.2 Å². The molecule has 2 rings (SSSR count). The van der Waals surface area contributed by atoms with E-state index < -0.39 is 0 Å². The van der Waals surface area contributed by atoms with Crippen LogP contribution in [0, 0.1) is 0 Å². The number of ether oxygens (including phenoxy) is 1. The minimum Gasteiger partial charge on any atom is -0.384 e. The number of anilines is 1. The van der Waals surface area contributed by atoms with Gasteiger partial charge in [0.1, 0.15) is 5.82 Å². The fourth-order valence-corrected chi connectivity index (χ4v) is 2.09. The molecular weight excluding hydrogens is 250 g/mol. The second-order valence-corrected chi connectivity index (χ2v) is 4.52. The number of nitrogens with zero attached hydrogens (tertiary/aromatic N) is 5. The Labute approximate surface area is 110 Å². The van der Waals surface area contributed by atoms with Crippen LogP contribution in [0.3, 0.4) is 0 Å². The van der Waals surface area contributed by atoms with E-state index in [1.165, 1.54) is 11.5 Å². The second-order valence-electron chi connectivity index (χ2n) is 3.79. The van der Waals surface area contributed by atoms with Gasteiger partial charge in [-0.25, -0.2) is 4.98 Å². The Bertz CT molecular complexity index is 475. The van der Waals surface area contributed by atoms with Gasteiger partial charge in [0, 0.05) is 44.5 Å². The molecule has 0 amide bonds. The van der Waals surface area contributed by atoms with Crippen molar-refractivity contribution in [2.45, 2.75) is 13.0 Å². The van der Waals surface area contributed by atoms with Crippen molar-refractivity contribution in [2.24, 2.45) is 0 Å².